The fourth-order valence-electron chi connectivity index (χ4n) is 1.29. The zero-order valence-corrected chi connectivity index (χ0v) is 8.34. The van der Waals surface area contributed by atoms with E-state index in [9.17, 15) is 0 Å². The highest BCUT2D eigenvalue weighted by atomic mass is 16.5. The van der Waals surface area contributed by atoms with Gasteiger partial charge in [-0.05, 0) is 18.1 Å². The molecule has 0 spiro atoms. The maximum atomic E-state index is 4.97. The summed E-state index contributed by atoms with van der Waals surface area (Å²) in [6.45, 7) is 3.78. The lowest BCUT2D eigenvalue weighted by Gasteiger charge is -2.09. The number of para-hydroxylation sites is 1. The van der Waals surface area contributed by atoms with Gasteiger partial charge in [0.1, 0.15) is 0 Å². The van der Waals surface area contributed by atoms with E-state index in [1.807, 2.05) is 6.07 Å². The second-order valence-electron chi connectivity index (χ2n) is 2.93. The van der Waals surface area contributed by atoms with Crippen LogP contribution in [-0.4, -0.2) is 20.3 Å². The Balaban J connectivity index is 2.54. The summed E-state index contributed by atoms with van der Waals surface area (Å²) >= 11 is 0. The van der Waals surface area contributed by atoms with Gasteiger partial charge < -0.3 is 10.1 Å². The van der Waals surface area contributed by atoms with Crippen LogP contribution >= 0.6 is 0 Å². The molecule has 1 aromatic carbocycles. The minimum atomic E-state index is 0.748. The third-order valence-corrected chi connectivity index (χ3v) is 2.02. The highest BCUT2D eigenvalue weighted by Gasteiger charge is 1.96. The average Bonchev–Trinajstić information content (AvgIpc) is 2.19. The maximum Gasteiger partial charge on any atom is 0.0635 e. The number of aryl methyl sites for hydroxylation is 1. The normalized spacial score (nSPS) is 10.0. The summed E-state index contributed by atoms with van der Waals surface area (Å²) in [4.78, 5) is 0. The van der Waals surface area contributed by atoms with Gasteiger partial charge in [0.15, 0.2) is 0 Å². The third kappa shape index (κ3) is 3.07. The van der Waals surface area contributed by atoms with Crippen LogP contribution in [0.25, 0.3) is 0 Å². The van der Waals surface area contributed by atoms with Crippen molar-refractivity contribution in [3.63, 3.8) is 0 Å². The summed E-state index contributed by atoms with van der Waals surface area (Å²) in [5, 5.41) is 3.34. The summed E-state index contributed by atoms with van der Waals surface area (Å²) in [5.74, 6) is 0. The molecule has 0 aliphatic rings. The van der Waals surface area contributed by atoms with Crippen molar-refractivity contribution in [3.05, 3.63) is 29.8 Å². The minimum absolute atomic E-state index is 0.748. The molecule has 0 saturated heterocycles. The quantitative estimate of drug-likeness (QED) is 0.700. The summed E-state index contributed by atoms with van der Waals surface area (Å²) in [7, 11) is 1.72. The Hall–Kier alpha value is -1.02. The van der Waals surface area contributed by atoms with Crippen LogP contribution < -0.4 is 5.32 Å². The highest BCUT2D eigenvalue weighted by molar-refractivity contribution is 5.50. The number of anilines is 1. The predicted molar refractivity (Wildman–Crippen MR) is 56.2 cm³/mol. The molecule has 1 aromatic rings. The number of hydrogen-bond acceptors (Lipinski definition) is 2. The van der Waals surface area contributed by atoms with Crippen molar-refractivity contribution in [1.29, 1.82) is 0 Å². The molecule has 2 heteroatoms. The molecule has 0 unspecified atom stereocenters. The minimum Gasteiger partial charge on any atom is -0.383 e. The molecule has 1 rings (SSSR count). The van der Waals surface area contributed by atoms with Crippen molar-refractivity contribution in [1.82, 2.24) is 0 Å². The Kier molecular flexibility index (Phi) is 4.33. The second-order valence-corrected chi connectivity index (χ2v) is 2.93. The monoisotopic (exact) mass is 179 g/mol. The van der Waals surface area contributed by atoms with Crippen molar-refractivity contribution in [2.24, 2.45) is 0 Å². The Bertz CT molecular complexity index is 248. The summed E-state index contributed by atoms with van der Waals surface area (Å²) in [6.07, 6.45) is 1.07. The molecule has 0 aromatic heterocycles. The van der Waals surface area contributed by atoms with Crippen LogP contribution in [0.4, 0.5) is 5.69 Å². The molecule has 0 fully saturated rings. The van der Waals surface area contributed by atoms with Crippen LogP contribution in [0.1, 0.15) is 12.5 Å². The summed E-state index contributed by atoms with van der Waals surface area (Å²) < 4.78 is 4.97. The van der Waals surface area contributed by atoms with Gasteiger partial charge in [0.25, 0.3) is 0 Å². The first-order valence-corrected chi connectivity index (χ1v) is 4.69. The largest absolute Gasteiger partial charge is 0.383 e. The molecule has 0 aliphatic carbocycles. The van der Waals surface area contributed by atoms with E-state index in [2.05, 4.69) is 30.4 Å². The average molecular weight is 179 g/mol. The molecule has 0 heterocycles. The lowest BCUT2D eigenvalue weighted by molar-refractivity contribution is 0.211. The topological polar surface area (TPSA) is 21.3 Å². The molecular weight excluding hydrogens is 162 g/mol. The number of methoxy groups -OCH3 is 1. The van der Waals surface area contributed by atoms with E-state index in [1.54, 1.807) is 7.11 Å². The Morgan fingerprint density at radius 3 is 2.77 bits per heavy atom. The first kappa shape index (κ1) is 10.1. The van der Waals surface area contributed by atoms with Crippen LogP contribution in [0.15, 0.2) is 24.3 Å². The standard InChI is InChI=1S/C11H17NO/c1-3-10-6-4-5-7-11(10)12-8-9-13-2/h4-7,12H,3,8-9H2,1-2H3. The van der Waals surface area contributed by atoms with Gasteiger partial charge in [-0.15, -0.1) is 0 Å². The van der Waals surface area contributed by atoms with Gasteiger partial charge in [-0.3, -0.25) is 0 Å². The van der Waals surface area contributed by atoms with Gasteiger partial charge in [0.2, 0.25) is 0 Å². The molecule has 13 heavy (non-hydrogen) atoms. The Morgan fingerprint density at radius 2 is 2.08 bits per heavy atom. The Labute approximate surface area is 79.9 Å². The van der Waals surface area contributed by atoms with Crippen LogP contribution in [0.5, 0.6) is 0 Å². The zero-order valence-electron chi connectivity index (χ0n) is 8.34. The van der Waals surface area contributed by atoms with Gasteiger partial charge in [-0.25, -0.2) is 0 Å². The zero-order chi connectivity index (χ0) is 9.52. The fraction of sp³-hybridized carbons (Fsp3) is 0.455. The van der Waals surface area contributed by atoms with Crippen molar-refractivity contribution in [2.45, 2.75) is 13.3 Å². The van der Waals surface area contributed by atoms with E-state index >= 15 is 0 Å². The molecule has 72 valence electrons. The van der Waals surface area contributed by atoms with Crippen molar-refractivity contribution in [2.75, 3.05) is 25.6 Å². The highest BCUT2D eigenvalue weighted by Crippen LogP contribution is 2.14. The van der Waals surface area contributed by atoms with E-state index in [1.165, 1.54) is 11.3 Å². The van der Waals surface area contributed by atoms with E-state index in [-0.39, 0.29) is 0 Å². The number of benzene rings is 1. The van der Waals surface area contributed by atoms with Gasteiger partial charge in [-0.1, -0.05) is 25.1 Å². The van der Waals surface area contributed by atoms with Crippen molar-refractivity contribution < 1.29 is 4.74 Å². The van der Waals surface area contributed by atoms with Gasteiger partial charge in [0.05, 0.1) is 6.61 Å². The molecule has 0 saturated carbocycles. The van der Waals surface area contributed by atoms with E-state index in [0.717, 1.165) is 19.6 Å². The lowest BCUT2D eigenvalue weighted by atomic mass is 10.1. The fourth-order valence-corrected chi connectivity index (χ4v) is 1.29. The van der Waals surface area contributed by atoms with E-state index in [4.69, 9.17) is 4.74 Å². The van der Waals surface area contributed by atoms with Crippen molar-refractivity contribution >= 4 is 5.69 Å². The molecule has 0 aliphatic heterocycles. The number of ether oxygens (including phenoxy) is 1. The van der Waals surface area contributed by atoms with E-state index in [0.29, 0.717) is 0 Å². The number of nitrogens with one attached hydrogen (secondary N) is 1. The molecule has 2 nitrogen and oxygen atoms in total. The molecule has 0 amide bonds. The number of rotatable bonds is 5. The maximum absolute atomic E-state index is 4.97. The summed E-state index contributed by atoms with van der Waals surface area (Å²) in [5.41, 5.74) is 2.58. The lowest BCUT2D eigenvalue weighted by Crippen LogP contribution is -2.08. The van der Waals surface area contributed by atoms with Gasteiger partial charge >= 0.3 is 0 Å². The summed E-state index contributed by atoms with van der Waals surface area (Å²) in [6, 6.07) is 8.37. The molecule has 1 N–H and O–H groups in total. The third-order valence-electron chi connectivity index (χ3n) is 2.02. The first-order chi connectivity index (χ1) is 6.38. The van der Waals surface area contributed by atoms with Crippen LogP contribution in [0, 0.1) is 0 Å². The van der Waals surface area contributed by atoms with Crippen molar-refractivity contribution in [3.8, 4) is 0 Å². The SMILES string of the molecule is CCc1ccccc1NCCOC. The van der Waals surface area contributed by atoms with Gasteiger partial charge in [0, 0.05) is 19.3 Å². The molecule has 0 bridgehead atoms. The van der Waals surface area contributed by atoms with Gasteiger partial charge in [-0.2, -0.15) is 0 Å². The molecule has 0 radical (unpaired) electrons. The van der Waals surface area contributed by atoms with E-state index < -0.39 is 0 Å². The first-order valence-electron chi connectivity index (χ1n) is 4.69. The molecular formula is C11H17NO. The van der Waals surface area contributed by atoms with Crippen LogP contribution in [0.3, 0.4) is 0 Å². The number of hydrogen-bond donors (Lipinski definition) is 1. The van der Waals surface area contributed by atoms with Crippen LogP contribution in [-0.2, 0) is 11.2 Å². The predicted octanol–water partition coefficient (Wildman–Crippen LogP) is 2.31. The van der Waals surface area contributed by atoms with Crippen LogP contribution in [0.2, 0.25) is 0 Å². The Morgan fingerprint density at radius 1 is 1.31 bits per heavy atom. The molecule has 0 atom stereocenters. The second kappa shape index (κ2) is 5.60. The smallest absolute Gasteiger partial charge is 0.0635 e.